The van der Waals surface area contributed by atoms with E-state index < -0.39 is 0 Å². The van der Waals surface area contributed by atoms with Crippen molar-refractivity contribution in [2.45, 2.75) is 33.1 Å². The molecule has 116 valence electrons. The van der Waals surface area contributed by atoms with Crippen molar-refractivity contribution in [2.24, 2.45) is 5.92 Å². The number of carbonyl (C=O) groups is 2. The van der Waals surface area contributed by atoms with Gasteiger partial charge >= 0.3 is 0 Å². The molecular formula is C17H21N3O2. The lowest BCUT2D eigenvalue weighted by molar-refractivity contribution is -0.116. The maximum atomic E-state index is 12.1. The molecule has 0 radical (unpaired) electrons. The molecule has 2 rings (SSSR count). The molecule has 1 amide bonds. The molecule has 0 fully saturated rings. The Balaban J connectivity index is 1.82. The number of Topliss-reactive ketones (excluding diaryl/α,β-unsaturated/α-hetero) is 1. The Bertz CT molecular complexity index is 616. The van der Waals surface area contributed by atoms with E-state index in [1.54, 1.807) is 12.3 Å². The number of aromatic nitrogens is 2. The lowest BCUT2D eigenvalue weighted by Crippen LogP contribution is -2.13. The SMILES string of the molecule is CC(C)Cc1ccc(C(=O)CCC(=O)Nc2ccn[nH]2)cc1. The fraction of sp³-hybridized carbons (Fsp3) is 0.353. The molecule has 0 atom stereocenters. The van der Waals surface area contributed by atoms with Gasteiger partial charge in [0, 0.05) is 24.5 Å². The summed E-state index contributed by atoms with van der Waals surface area (Å²) in [5, 5.41) is 9.03. The maximum absolute atomic E-state index is 12.1. The Hall–Kier alpha value is -2.43. The number of benzene rings is 1. The Labute approximate surface area is 130 Å². The van der Waals surface area contributed by atoms with Crippen LogP contribution in [0.5, 0.6) is 0 Å². The monoisotopic (exact) mass is 299 g/mol. The van der Waals surface area contributed by atoms with Crippen LogP contribution in [-0.4, -0.2) is 21.9 Å². The van der Waals surface area contributed by atoms with Crippen LogP contribution in [0.1, 0.15) is 42.6 Å². The number of hydrogen-bond donors (Lipinski definition) is 2. The van der Waals surface area contributed by atoms with Crippen LogP contribution in [0.25, 0.3) is 0 Å². The first kappa shape index (κ1) is 15.9. The third-order valence-corrected chi connectivity index (χ3v) is 3.27. The van der Waals surface area contributed by atoms with Gasteiger partial charge in [-0.25, -0.2) is 0 Å². The first-order valence-corrected chi connectivity index (χ1v) is 7.46. The molecule has 1 aromatic heterocycles. The number of rotatable bonds is 7. The summed E-state index contributed by atoms with van der Waals surface area (Å²) in [6, 6.07) is 9.31. The second-order valence-electron chi connectivity index (χ2n) is 5.74. The molecule has 0 aliphatic carbocycles. The van der Waals surface area contributed by atoms with Crippen molar-refractivity contribution in [3.63, 3.8) is 0 Å². The van der Waals surface area contributed by atoms with Gasteiger partial charge in [-0.3, -0.25) is 14.7 Å². The Morgan fingerprint density at radius 3 is 2.45 bits per heavy atom. The summed E-state index contributed by atoms with van der Waals surface area (Å²) in [7, 11) is 0. The van der Waals surface area contributed by atoms with Gasteiger partial charge in [0.1, 0.15) is 5.82 Å². The molecule has 0 saturated carbocycles. The Kier molecular flexibility index (Phi) is 5.47. The molecule has 0 bridgehead atoms. The largest absolute Gasteiger partial charge is 0.311 e. The number of H-pyrrole nitrogens is 1. The molecule has 5 nitrogen and oxygen atoms in total. The fourth-order valence-electron chi connectivity index (χ4n) is 2.21. The standard InChI is InChI=1S/C17H21N3O2/c1-12(2)11-13-3-5-14(6-4-13)15(21)7-8-17(22)19-16-9-10-18-20-16/h3-6,9-10,12H,7-8,11H2,1-2H3,(H2,18,19,20,22). The van der Waals surface area contributed by atoms with Gasteiger partial charge in [0.2, 0.25) is 5.91 Å². The predicted octanol–water partition coefficient (Wildman–Crippen LogP) is 3.21. The van der Waals surface area contributed by atoms with Gasteiger partial charge in [-0.2, -0.15) is 5.10 Å². The summed E-state index contributed by atoms with van der Waals surface area (Å²) in [5.74, 6) is 0.910. The maximum Gasteiger partial charge on any atom is 0.225 e. The van der Waals surface area contributed by atoms with E-state index in [0.717, 1.165) is 6.42 Å². The molecule has 0 aliphatic rings. The van der Waals surface area contributed by atoms with Crippen molar-refractivity contribution < 1.29 is 9.59 Å². The minimum Gasteiger partial charge on any atom is -0.311 e. The fourth-order valence-corrected chi connectivity index (χ4v) is 2.21. The zero-order chi connectivity index (χ0) is 15.9. The van der Waals surface area contributed by atoms with Crippen LogP contribution in [-0.2, 0) is 11.2 Å². The molecule has 0 aliphatic heterocycles. The quantitative estimate of drug-likeness (QED) is 0.771. The van der Waals surface area contributed by atoms with E-state index in [1.807, 2.05) is 24.3 Å². The normalized spacial score (nSPS) is 10.7. The zero-order valence-corrected chi connectivity index (χ0v) is 12.9. The number of hydrogen-bond acceptors (Lipinski definition) is 3. The predicted molar refractivity (Wildman–Crippen MR) is 85.8 cm³/mol. The molecular weight excluding hydrogens is 278 g/mol. The van der Waals surface area contributed by atoms with Crippen LogP contribution in [0.2, 0.25) is 0 Å². The second kappa shape index (κ2) is 7.54. The van der Waals surface area contributed by atoms with Crippen molar-refractivity contribution in [3.05, 3.63) is 47.7 Å². The molecule has 1 heterocycles. The molecule has 5 heteroatoms. The van der Waals surface area contributed by atoms with Crippen LogP contribution in [0, 0.1) is 5.92 Å². The summed E-state index contributed by atoms with van der Waals surface area (Å²) in [5.41, 5.74) is 1.88. The van der Waals surface area contributed by atoms with Crippen molar-refractivity contribution in [1.29, 1.82) is 0 Å². The summed E-state index contributed by atoms with van der Waals surface area (Å²) in [4.78, 5) is 23.8. The number of aromatic amines is 1. The summed E-state index contributed by atoms with van der Waals surface area (Å²) < 4.78 is 0. The highest BCUT2D eigenvalue weighted by atomic mass is 16.2. The smallest absolute Gasteiger partial charge is 0.225 e. The van der Waals surface area contributed by atoms with Crippen LogP contribution in [0.15, 0.2) is 36.5 Å². The molecule has 0 unspecified atom stereocenters. The average molecular weight is 299 g/mol. The second-order valence-corrected chi connectivity index (χ2v) is 5.74. The number of nitrogens with zero attached hydrogens (tertiary/aromatic N) is 1. The van der Waals surface area contributed by atoms with Crippen molar-refractivity contribution in [3.8, 4) is 0 Å². The van der Waals surface area contributed by atoms with E-state index in [-0.39, 0.29) is 24.5 Å². The molecule has 2 aromatic rings. The van der Waals surface area contributed by atoms with E-state index in [9.17, 15) is 9.59 Å². The lowest BCUT2D eigenvalue weighted by Gasteiger charge is -2.06. The van der Waals surface area contributed by atoms with Crippen molar-refractivity contribution >= 4 is 17.5 Å². The molecule has 2 N–H and O–H groups in total. The van der Waals surface area contributed by atoms with E-state index in [4.69, 9.17) is 0 Å². The summed E-state index contributed by atoms with van der Waals surface area (Å²) >= 11 is 0. The summed E-state index contributed by atoms with van der Waals surface area (Å²) in [6.07, 6.45) is 2.91. The average Bonchev–Trinajstić information content (AvgIpc) is 2.98. The topological polar surface area (TPSA) is 74.8 Å². The molecule has 22 heavy (non-hydrogen) atoms. The highest BCUT2D eigenvalue weighted by Crippen LogP contribution is 2.12. The Morgan fingerprint density at radius 1 is 1.14 bits per heavy atom. The van der Waals surface area contributed by atoms with E-state index in [1.165, 1.54) is 5.56 Å². The number of amides is 1. The van der Waals surface area contributed by atoms with Gasteiger partial charge in [0.15, 0.2) is 5.78 Å². The molecule has 0 spiro atoms. The van der Waals surface area contributed by atoms with Gasteiger partial charge in [-0.05, 0) is 17.9 Å². The first-order chi connectivity index (χ1) is 10.5. The van der Waals surface area contributed by atoms with Crippen LogP contribution in [0.4, 0.5) is 5.82 Å². The van der Waals surface area contributed by atoms with Gasteiger partial charge in [-0.1, -0.05) is 38.1 Å². The number of ketones is 1. The molecule has 1 aromatic carbocycles. The van der Waals surface area contributed by atoms with E-state index in [2.05, 4.69) is 29.4 Å². The third-order valence-electron chi connectivity index (χ3n) is 3.27. The van der Waals surface area contributed by atoms with Gasteiger partial charge in [0.25, 0.3) is 0 Å². The first-order valence-electron chi connectivity index (χ1n) is 7.46. The van der Waals surface area contributed by atoms with Gasteiger partial charge in [0.05, 0.1) is 6.20 Å². The summed E-state index contributed by atoms with van der Waals surface area (Å²) in [6.45, 7) is 4.33. The van der Waals surface area contributed by atoms with Crippen LogP contribution in [0.3, 0.4) is 0 Å². The third kappa shape index (κ3) is 4.84. The highest BCUT2D eigenvalue weighted by molar-refractivity contribution is 5.99. The minimum absolute atomic E-state index is 0.0177. The number of nitrogens with one attached hydrogen (secondary N) is 2. The van der Waals surface area contributed by atoms with E-state index >= 15 is 0 Å². The van der Waals surface area contributed by atoms with Crippen LogP contribution >= 0.6 is 0 Å². The number of anilines is 1. The van der Waals surface area contributed by atoms with Crippen molar-refractivity contribution in [1.82, 2.24) is 10.2 Å². The molecule has 0 saturated heterocycles. The highest BCUT2D eigenvalue weighted by Gasteiger charge is 2.10. The van der Waals surface area contributed by atoms with Gasteiger partial charge < -0.3 is 5.32 Å². The van der Waals surface area contributed by atoms with E-state index in [0.29, 0.717) is 17.3 Å². The minimum atomic E-state index is -0.200. The zero-order valence-electron chi connectivity index (χ0n) is 12.9. The number of carbonyl (C=O) groups excluding carboxylic acids is 2. The van der Waals surface area contributed by atoms with Crippen molar-refractivity contribution in [2.75, 3.05) is 5.32 Å². The van der Waals surface area contributed by atoms with Gasteiger partial charge in [-0.15, -0.1) is 0 Å². The van der Waals surface area contributed by atoms with Crippen LogP contribution < -0.4 is 5.32 Å². The lowest BCUT2D eigenvalue weighted by atomic mass is 9.99. The Morgan fingerprint density at radius 2 is 1.86 bits per heavy atom.